The number of hydrogen-bond acceptors (Lipinski definition) is 5. The number of ether oxygens (including phenoxy) is 1. The quantitative estimate of drug-likeness (QED) is 0.442. The van der Waals surface area contributed by atoms with Gasteiger partial charge in [-0.2, -0.15) is 5.10 Å². The van der Waals surface area contributed by atoms with Crippen LogP contribution >= 0.6 is 0 Å². The lowest BCUT2D eigenvalue weighted by Crippen LogP contribution is -2.19. The van der Waals surface area contributed by atoms with Crippen LogP contribution in [-0.4, -0.2) is 33.8 Å². The summed E-state index contributed by atoms with van der Waals surface area (Å²) in [7, 11) is 3.43. The lowest BCUT2D eigenvalue weighted by Gasteiger charge is -2.10. The molecule has 9 heteroatoms. The Kier molecular flexibility index (Phi) is 5.71. The molecule has 0 radical (unpaired) electrons. The maximum absolute atomic E-state index is 12.4. The van der Waals surface area contributed by atoms with Crippen molar-refractivity contribution in [1.82, 2.24) is 20.1 Å². The molecule has 0 aliphatic carbocycles. The second kappa shape index (κ2) is 8.76. The van der Waals surface area contributed by atoms with Crippen LogP contribution in [0.15, 0.2) is 60.8 Å². The first kappa shape index (κ1) is 20.9. The van der Waals surface area contributed by atoms with Crippen LogP contribution in [0.25, 0.3) is 10.9 Å². The Bertz CT molecular complexity index is 1300. The standard InChI is InChI=1S/C23H22N6O3/c1-14-19-9-6-16(12-20(19)28-29(14)3)27-23(31)26-15-4-7-17(8-5-15)32-18-10-11-25-21(13-18)22(30)24-2/h4-13H,1-3H3,(H,24,30)(H2,26,27,31). The molecule has 9 nitrogen and oxygen atoms in total. The van der Waals surface area contributed by atoms with Crippen LogP contribution in [-0.2, 0) is 7.05 Å². The Hall–Kier alpha value is -4.40. The van der Waals surface area contributed by atoms with Crippen molar-refractivity contribution in [1.29, 1.82) is 0 Å². The number of hydrogen-bond donors (Lipinski definition) is 3. The molecule has 0 unspecified atom stereocenters. The summed E-state index contributed by atoms with van der Waals surface area (Å²) in [5.41, 5.74) is 3.40. The molecule has 32 heavy (non-hydrogen) atoms. The fourth-order valence-corrected chi connectivity index (χ4v) is 3.17. The second-order valence-electron chi connectivity index (χ2n) is 7.10. The van der Waals surface area contributed by atoms with Gasteiger partial charge in [0.15, 0.2) is 0 Å². The van der Waals surface area contributed by atoms with E-state index in [0.717, 1.165) is 16.6 Å². The van der Waals surface area contributed by atoms with E-state index in [1.165, 1.54) is 13.2 Å². The van der Waals surface area contributed by atoms with Crippen LogP contribution in [0.1, 0.15) is 16.2 Å². The maximum Gasteiger partial charge on any atom is 0.323 e. The van der Waals surface area contributed by atoms with Gasteiger partial charge in [0.05, 0.1) is 5.52 Å². The number of carbonyl (C=O) groups is 2. The van der Waals surface area contributed by atoms with Gasteiger partial charge in [-0.25, -0.2) is 4.79 Å². The summed E-state index contributed by atoms with van der Waals surface area (Å²) in [6, 6.07) is 15.3. The molecule has 0 atom stereocenters. The van der Waals surface area contributed by atoms with Gasteiger partial charge in [0.25, 0.3) is 5.91 Å². The summed E-state index contributed by atoms with van der Waals surface area (Å²) < 4.78 is 7.57. The summed E-state index contributed by atoms with van der Waals surface area (Å²) in [4.78, 5) is 28.1. The zero-order valence-electron chi connectivity index (χ0n) is 17.8. The molecule has 3 amide bonds. The largest absolute Gasteiger partial charge is 0.457 e. The highest BCUT2D eigenvalue weighted by Crippen LogP contribution is 2.24. The van der Waals surface area contributed by atoms with Gasteiger partial charge in [-0.3, -0.25) is 14.5 Å². The average Bonchev–Trinajstić information content (AvgIpc) is 3.07. The minimum atomic E-state index is -0.366. The lowest BCUT2D eigenvalue weighted by atomic mass is 10.2. The Balaban J connectivity index is 1.38. The van der Waals surface area contributed by atoms with Crippen molar-refractivity contribution in [2.24, 2.45) is 7.05 Å². The van der Waals surface area contributed by atoms with E-state index in [-0.39, 0.29) is 17.6 Å². The van der Waals surface area contributed by atoms with Crippen molar-refractivity contribution in [3.8, 4) is 11.5 Å². The molecule has 4 aromatic rings. The van der Waals surface area contributed by atoms with E-state index >= 15 is 0 Å². The normalized spacial score (nSPS) is 10.6. The van der Waals surface area contributed by atoms with Crippen molar-refractivity contribution in [3.63, 3.8) is 0 Å². The van der Waals surface area contributed by atoms with Gasteiger partial charge < -0.3 is 20.7 Å². The van der Waals surface area contributed by atoms with Gasteiger partial charge in [-0.15, -0.1) is 0 Å². The Morgan fingerprint density at radius 3 is 2.41 bits per heavy atom. The van der Waals surface area contributed by atoms with Crippen molar-refractivity contribution < 1.29 is 14.3 Å². The number of pyridine rings is 1. The number of anilines is 2. The molecule has 3 N–H and O–H groups in total. The first-order chi connectivity index (χ1) is 15.4. The van der Waals surface area contributed by atoms with Crippen molar-refractivity contribution in [2.75, 3.05) is 17.7 Å². The Labute approximate surface area is 184 Å². The number of rotatable bonds is 5. The van der Waals surface area contributed by atoms with Crippen LogP contribution in [0.3, 0.4) is 0 Å². The summed E-state index contributed by atoms with van der Waals surface area (Å²) in [5, 5.41) is 13.6. The lowest BCUT2D eigenvalue weighted by molar-refractivity contribution is 0.0958. The summed E-state index contributed by atoms with van der Waals surface area (Å²) in [5.74, 6) is 0.747. The number of aryl methyl sites for hydroxylation is 2. The van der Waals surface area contributed by atoms with E-state index < -0.39 is 0 Å². The SMILES string of the molecule is CNC(=O)c1cc(Oc2ccc(NC(=O)Nc3ccc4c(C)n(C)nc4c3)cc2)ccn1. The van der Waals surface area contributed by atoms with Crippen molar-refractivity contribution >= 4 is 34.2 Å². The minimum Gasteiger partial charge on any atom is -0.457 e. The number of nitrogens with one attached hydrogen (secondary N) is 3. The van der Waals surface area contributed by atoms with Crippen LogP contribution in [0.2, 0.25) is 0 Å². The zero-order valence-corrected chi connectivity index (χ0v) is 17.8. The predicted octanol–water partition coefficient (Wildman–Crippen LogP) is 4.07. The topological polar surface area (TPSA) is 110 Å². The van der Waals surface area contributed by atoms with Gasteiger partial charge in [-0.05, 0) is 55.5 Å². The van der Waals surface area contributed by atoms with E-state index in [9.17, 15) is 9.59 Å². The molecule has 0 saturated carbocycles. The highest BCUT2D eigenvalue weighted by atomic mass is 16.5. The number of fused-ring (bicyclic) bond motifs is 1. The number of amides is 3. The molecule has 4 rings (SSSR count). The number of urea groups is 1. The number of carbonyl (C=O) groups excluding carboxylic acids is 2. The van der Waals surface area contributed by atoms with E-state index in [1.54, 1.807) is 36.4 Å². The molecular formula is C23H22N6O3. The Morgan fingerprint density at radius 2 is 1.66 bits per heavy atom. The summed E-state index contributed by atoms with van der Waals surface area (Å²) in [6.45, 7) is 2.00. The van der Waals surface area contributed by atoms with Gasteiger partial charge >= 0.3 is 6.03 Å². The van der Waals surface area contributed by atoms with Gasteiger partial charge in [-0.1, -0.05) is 0 Å². The molecule has 162 valence electrons. The fourth-order valence-electron chi connectivity index (χ4n) is 3.17. The monoisotopic (exact) mass is 430 g/mol. The average molecular weight is 430 g/mol. The third-order valence-electron chi connectivity index (χ3n) is 4.93. The first-order valence-electron chi connectivity index (χ1n) is 9.90. The molecular weight excluding hydrogens is 408 g/mol. The summed E-state index contributed by atoms with van der Waals surface area (Å²) >= 11 is 0. The summed E-state index contributed by atoms with van der Waals surface area (Å²) in [6.07, 6.45) is 1.50. The van der Waals surface area contributed by atoms with Gasteiger partial charge in [0.2, 0.25) is 0 Å². The number of aromatic nitrogens is 3. The second-order valence-corrected chi connectivity index (χ2v) is 7.10. The highest BCUT2D eigenvalue weighted by molar-refractivity contribution is 6.01. The molecule has 0 aliphatic heterocycles. The first-order valence-corrected chi connectivity index (χ1v) is 9.90. The van der Waals surface area contributed by atoms with Crippen LogP contribution < -0.4 is 20.7 Å². The third kappa shape index (κ3) is 4.51. The Morgan fingerprint density at radius 1 is 0.938 bits per heavy atom. The molecule has 0 aliphatic rings. The zero-order chi connectivity index (χ0) is 22.7. The molecule has 0 saturated heterocycles. The minimum absolute atomic E-state index is 0.263. The maximum atomic E-state index is 12.4. The predicted molar refractivity (Wildman–Crippen MR) is 122 cm³/mol. The van der Waals surface area contributed by atoms with E-state index in [1.807, 2.05) is 36.9 Å². The van der Waals surface area contributed by atoms with Gasteiger partial charge in [0, 0.05) is 48.8 Å². The molecule has 2 aromatic carbocycles. The van der Waals surface area contributed by atoms with Crippen molar-refractivity contribution in [3.05, 3.63) is 72.2 Å². The fraction of sp³-hybridized carbons (Fsp3) is 0.130. The van der Waals surface area contributed by atoms with Crippen LogP contribution in [0.5, 0.6) is 11.5 Å². The number of nitrogens with zero attached hydrogens (tertiary/aromatic N) is 3. The van der Waals surface area contributed by atoms with Gasteiger partial charge in [0.1, 0.15) is 17.2 Å². The van der Waals surface area contributed by atoms with E-state index in [2.05, 4.69) is 26.0 Å². The van der Waals surface area contributed by atoms with Crippen molar-refractivity contribution in [2.45, 2.75) is 6.92 Å². The molecule has 0 spiro atoms. The molecule has 2 aromatic heterocycles. The van der Waals surface area contributed by atoms with E-state index in [4.69, 9.17) is 4.74 Å². The van der Waals surface area contributed by atoms with E-state index in [0.29, 0.717) is 22.9 Å². The molecule has 2 heterocycles. The van der Waals surface area contributed by atoms with Crippen LogP contribution in [0.4, 0.5) is 16.2 Å². The molecule has 0 fully saturated rings. The molecule has 0 bridgehead atoms. The number of benzene rings is 2. The smallest absolute Gasteiger partial charge is 0.323 e. The highest BCUT2D eigenvalue weighted by Gasteiger charge is 2.09. The van der Waals surface area contributed by atoms with Crippen LogP contribution in [0, 0.1) is 6.92 Å². The third-order valence-corrected chi connectivity index (χ3v) is 4.93.